The molecule has 0 aliphatic heterocycles. The molecular formula is C19H22N2O2S. The number of carbonyl (C=O) groups excluding carboxylic acids is 2. The fourth-order valence-electron chi connectivity index (χ4n) is 2.21. The molecule has 0 radical (unpaired) electrons. The van der Waals surface area contributed by atoms with Crippen molar-refractivity contribution in [1.82, 2.24) is 0 Å². The van der Waals surface area contributed by atoms with Crippen molar-refractivity contribution in [3.8, 4) is 0 Å². The van der Waals surface area contributed by atoms with E-state index in [-0.39, 0.29) is 23.3 Å². The van der Waals surface area contributed by atoms with Gasteiger partial charge in [-0.05, 0) is 55.7 Å². The molecule has 2 N–H and O–H groups in total. The van der Waals surface area contributed by atoms with Crippen molar-refractivity contribution in [2.75, 3.05) is 22.1 Å². The molecule has 0 unspecified atom stereocenters. The Balaban J connectivity index is 1.76. The van der Waals surface area contributed by atoms with E-state index in [1.54, 1.807) is 0 Å². The summed E-state index contributed by atoms with van der Waals surface area (Å²) in [5, 5.41) is 5.72. The molecule has 5 heteroatoms. The van der Waals surface area contributed by atoms with E-state index < -0.39 is 0 Å². The number of hydrogen-bond acceptors (Lipinski definition) is 3. The maximum absolute atomic E-state index is 12.0. The van der Waals surface area contributed by atoms with Crippen LogP contribution in [0.1, 0.15) is 16.7 Å². The van der Waals surface area contributed by atoms with Crippen molar-refractivity contribution in [1.29, 1.82) is 0 Å². The van der Waals surface area contributed by atoms with E-state index in [1.807, 2.05) is 63.2 Å². The van der Waals surface area contributed by atoms with Crippen molar-refractivity contribution in [3.63, 3.8) is 0 Å². The summed E-state index contributed by atoms with van der Waals surface area (Å²) in [7, 11) is 0. The van der Waals surface area contributed by atoms with Gasteiger partial charge in [-0.25, -0.2) is 0 Å². The lowest BCUT2D eigenvalue weighted by Gasteiger charge is -2.09. The van der Waals surface area contributed by atoms with E-state index in [0.717, 1.165) is 28.1 Å². The van der Waals surface area contributed by atoms with E-state index in [4.69, 9.17) is 0 Å². The first-order valence-electron chi connectivity index (χ1n) is 7.75. The lowest BCUT2D eigenvalue weighted by Crippen LogP contribution is -2.18. The second-order valence-corrected chi connectivity index (χ2v) is 6.76. The molecule has 0 atom stereocenters. The van der Waals surface area contributed by atoms with Gasteiger partial charge in [-0.2, -0.15) is 0 Å². The van der Waals surface area contributed by atoms with Crippen LogP contribution in [0.5, 0.6) is 0 Å². The number of thioether (sulfide) groups is 1. The number of aryl methyl sites for hydroxylation is 3. The maximum atomic E-state index is 12.0. The largest absolute Gasteiger partial charge is 0.325 e. The maximum Gasteiger partial charge on any atom is 0.234 e. The van der Waals surface area contributed by atoms with Crippen molar-refractivity contribution in [2.45, 2.75) is 20.8 Å². The third kappa shape index (κ3) is 5.74. The van der Waals surface area contributed by atoms with Crippen LogP contribution in [0.2, 0.25) is 0 Å². The van der Waals surface area contributed by atoms with Gasteiger partial charge in [0.05, 0.1) is 11.5 Å². The number of rotatable bonds is 6. The van der Waals surface area contributed by atoms with E-state index in [9.17, 15) is 9.59 Å². The van der Waals surface area contributed by atoms with Crippen LogP contribution in [0, 0.1) is 20.8 Å². The predicted molar refractivity (Wildman–Crippen MR) is 102 cm³/mol. The quantitative estimate of drug-likeness (QED) is 0.836. The monoisotopic (exact) mass is 342 g/mol. The van der Waals surface area contributed by atoms with Gasteiger partial charge >= 0.3 is 0 Å². The number of amides is 2. The first kappa shape index (κ1) is 18.1. The average Bonchev–Trinajstić information content (AvgIpc) is 2.51. The zero-order valence-corrected chi connectivity index (χ0v) is 15.0. The smallest absolute Gasteiger partial charge is 0.234 e. The molecule has 0 heterocycles. The van der Waals surface area contributed by atoms with E-state index in [0.29, 0.717) is 0 Å². The van der Waals surface area contributed by atoms with E-state index in [2.05, 4.69) is 10.6 Å². The summed E-state index contributed by atoms with van der Waals surface area (Å²) in [5.41, 5.74) is 4.82. The molecule has 126 valence electrons. The Labute approximate surface area is 147 Å². The van der Waals surface area contributed by atoms with Gasteiger partial charge in [0, 0.05) is 11.4 Å². The number of nitrogens with one attached hydrogen (secondary N) is 2. The highest BCUT2D eigenvalue weighted by atomic mass is 32.2. The highest BCUT2D eigenvalue weighted by Crippen LogP contribution is 2.17. The van der Waals surface area contributed by atoms with Crippen molar-refractivity contribution >= 4 is 35.0 Å². The molecule has 0 spiro atoms. The van der Waals surface area contributed by atoms with Crippen LogP contribution in [0.25, 0.3) is 0 Å². The van der Waals surface area contributed by atoms with Gasteiger partial charge in [-0.15, -0.1) is 11.8 Å². The highest BCUT2D eigenvalue weighted by Gasteiger charge is 2.08. The molecule has 0 fully saturated rings. The average molecular weight is 342 g/mol. The van der Waals surface area contributed by atoms with Gasteiger partial charge in [0.25, 0.3) is 0 Å². The molecule has 0 saturated heterocycles. The third-order valence-electron chi connectivity index (χ3n) is 3.44. The second-order valence-electron chi connectivity index (χ2n) is 5.78. The van der Waals surface area contributed by atoms with Crippen LogP contribution in [-0.4, -0.2) is 23.3 Å². The number of carbonyl (C=O) groups is 2. The van der Waals surface area contributed by atoms with Gasteiger partial charge in [0.1, 0.15) is 0 Å². The molecule has 2 rings (SSSR count). The zero-order valence-electron chi connectivity index (χ0n) is 14.2. The van der Waals surface area contributed by atoms with E-state index >= 15 is 0 Å². The summed E-state index contributed by atoms with van der Waals surface area (Å²) in [6, 6.07) is 13.6. The molecule has 2 amide bonds. The minimum absolute atomic E-state index is 0.0999. The van der Waals surface area contributed by atoms with Crippen LogP contribution in [0.4, 0.5) is 11.4 Å². The first-order valence-corrected chi connectivity index (χ1v) is 8.91. The van der Waals surface area contributed by atoms with E-state index in [1.165, 1.54) is 11.8 Å². The summed E-state index contributed by atoms with van der Waals surface area (Å²) < 4.78 is 0. The minimum atomic E-state index is -0.106. The van der Waals surface area contributed by atoms with Crippen LogP contribution in [0.15, 0.2) is 42.5 Å². The minimum Gasteiger partial charge on any atom is -0.325 e. The number of benzene rings is 2. The second kappa shape index (κ2) is 8.55. The van der Waals surface area contributed by atoms with Gasteiger partial charge < -0.3 is 10.6 Å². The lowest BCUT2D eigenvalue weighted by molar-refractivity contribution is -0.114. The van der Waals surface area contributed by atoms with Crippen LogP contribution in [0.3, 0.4) is 0 Å². The van der Waals surface area contributed by atoms with Gasteiger partial charge in [0.15, 0.2) is 0 Å². The van der Waals surface area contributed by atoms with Gasteiger partial charge in [-0.1, -0.05) is 24.3 Å². The highest BCUT2D eigenvalue weighted by molar-refractivity contribution is 8.00. The molecule has 0 aliphatic rings. The Morgan fingerprint density at radius 1 is 0.875 bits per heavy atom. The van der Waals surface area contributed by atoms with Crippen LogP contribution in [-0.2, 0) is 9.59 Å². The summed E-state index contributed by atoms with van der Waals surface area (Å²) in [5.74, 6) is 0.283. The summed E-state index contributed by atoms with van der Waals surface area (Å²) >= 11 is 1.30. The SMILES string of the molecule is Cc1cccc(NC(=O)CSCC(=O)Nc2cc(C)ccc2C)c1. The first-order chi connectivity index (χ1) is 11.4. The molecule has 2 aromatic rings. The third-order valence-corrected chi connectivity index (χ3v) is 4.37. The number of hydrogen-bond donors (Lipinski definition) is 2. The Morgan fingerprint density at radius 2 is 1.54 bits per heavy atom. The zero-order chi connectivity index (χ0) is 17.5. The van der Waals surface area contributed by atoms with Gasteiger partial charge in [0.2, 0.25) is 11.8 Å². The topological polar surface area (TPSA) is 58.2 Å². The van der Waals surface area contributed by atoms with Crippen LogP contribution >= 0.6 is 11.8 Å². The fraction of sp³-hybridized carbons (Fsp3) is 0.263. The standard InChI is InChI=1S/C19H22N2O2S/c1-13-5-4-6-16(9-13)20-18(22)11-24-12-19(23)21-17-10-14(2)7-8-15(17)3/h4-10H,11-12H2,1-3H3,(H,20,22)(H,21,23). The molecule has 0 bridgehead atoms. The van der Waals surface area contributed by atoms with Gasteiger partial charge in [-0.3, -0.25) is 9.59 Å². The van der Waals surface area contributed by atoms with Crippen molar-refractivity contribution in [3.05, 3.63) is 59.2 Å². The summed E-state index contributed by atoms with van der Waals surface area (Å²) in [6.45, 7) is 5.92. The molecule has 0 aliphatic carbocycles. The normalized spacial score (nSPS) is 10.3. The fourth-order valence-corrected chi connectivity index (χ4v) is 2.83. The Hall–Kier alpha value is -2.27. The van der Waals surface area contributed by atoms with Crippen molar-refractivity contribution < 1.29 is 9.59 Å². The molecule has 4 nitrogen and oxygen atoms in total. The van der Waals surface area contributed by atoms with Crippen molar-refractivity contribution in [2.24, 2.45) is 0 Å². The molecular weight excluding hydrogens is 320 g/mol. The molecule has 0 saturated carbocycles. The predicted octanol–water partition coefficient (Wildman–Crippen LogP) is 3.92. The van der Waals surface area contributed by atoms with Crippen LogP contribution < -0.4 is 10.6 Å². The summed E-state index contributed by atoms with van der Waals surface area (Å²) in [4.78, 5) is 23.9. The summed E-state index contributed by atoms with van der Waals surface area (Å²) in [6.07, 6.45) is 0. The molecule has 2 aromatic carbocycles. The lowest BCUT2D eigenvalue weighted by atomic mass is 10.1. The Morgan fingerprint density at radius 3 is 2.25 bits per heavy atom. The number of anilines is 2. The molecule has 24 heavy (non-hydrogen) atoms. The Kier molecular flexibility index (Phi) is 6.44. The Bertz CT molecular complexity index is 744. The molecule has 0 aromatic heterocycles.